The van der Waals surface area contributed by atoms with E-state index in [0.717, 1.165) is 11.8 Å². The number of hydrogen-bond donors (Lipinski definition) is 1. The predicted molar refractivity (Wildman–Crippen MR) is 93.7 cm³/mol. The minimum absolute atomic E-state index is 0.00453. The fraction of sp³-hybridized carbons (Fsp3) is 0.312. The number of nitrogens with zero attached hydrogens (tertiary/aromatic N) is 2. The smallest absolute Gasteiger partial charge is 0.344 e. The van der Waals surface area contributed by atoms with Crippen LogP contribution in [0.25, 0.3) is 0 Å². The van der Waals surface area contributed by atoms with Crippen molar-refractivity contribution in [1.82, 2.24) is 9.62 Å². The molecule has 1 aliphatic rings. The van der Waals surface area contributed by atoms with Crippen molar-refractivity contribution in [1.29, 1.82) is 0 Å². The Bertz CT molecular complexity index is 876. The number of methoxy groups -OCH3 is 2. The van der Waals surface area contributed by atoms with E-state index < -0.39 is 28.6 Å². The predicted octanol–water partition coefficient (Wildman–Crippen LogP) is 0.390. The molecule has 0 spiro atoms. The van der Waals surface area contributed by atoms with Gasteiger partial charge in [-0.15, -0.1) is 4.40 Å². The molecule has 1 aromatic rings. The zero-order valence-corrected chi connectivity index (χ0v) is 15.4. The summed E-state index contributed by atoms with van der Waals surface area (Å²) >= 11 is 0. The van der Waals surface area contributed by atoms with Gasteiger partial charge >= 0.3 is 16.2 Å². The molecule has 0 aliphatic carbocycles. The molecule has 9 nitrogen and oxygen atoms in total. The SMILES string of the molecule is COC(=O)C1=CN(CC(=O)NCc2cccc(OC)c2)S(=O)(=O)N=C1C. The number of ether oxygens (including phenoxy) is 2. The summed E-state index contributed by atoms with van der Waals surface area (Å²) in [5.74, 6) is -0.639. The number of carbonyl (C=O) groups is 2. The zero-order chi connectivity index (χ0) is 19.3. The van der Waals surface area contributed by atoms with E-state index in [1.165, 1.54) is 21.1 Å². The minimum Gasteiger partial charge on any atom is -0.497 e. The Morgan fingerprint density at radius 2 is 2.00 bits per heavy atom. The third-order valence-electron chi connectivity index (χ3n) is 3.54. The van der Waals surface area contributed by atoms with Crippen LogP contribution in [0.3, 0.4) is 0 Å². The van der Waals surface area contributed by atoms with E-state index >= 15 is 0 Å². The van der Waals surface area contributed by atoms with Gasteiger partial charge in [-0.3, -0.25) is 4.79 Å². The van der Waals surface area contributed by atoms with Crippen LogP contribution in [-0.4, -0.2) is 51.1 Å². The summed E-state index contributed by atoms with van der Waals surface area (Å²) in [4.78, 5) is 23.8. The van der Waals surface area contributed by atoms with Crippen LogP contribution >= 0.6 is 0 Å². The van der Waals surface area contributed by atoms with E-state index in [1.807, 2.05) is 0 Å². The first-order chi connectivity index (χ1) is 12.3. The van der Waals surface area contributed by atoms with Gasteiger partial charge in [0, 0.05) is 12.7 Å². The molecule has 140 valence electrons. The van der Waals surface area contributed by atoms with Crippen molar-refractivity contribution in [2.45, 2.75) is 13.5 Å². The first-order valence-corrected chi connectivity index (χ1v) is 8.95. The van der Waals surface area contributed by atoms with Crippen molar-refractivity contribution in [3.8, 4) is 5.75 Å². The van der Waals surface area contributed by atoms with Gasteiger partial charge in [-0.1, -0.05) is 12.1 Å². The average molecular weight is 381 g/mol. The molecule has 10 heteroatoms. The summed E-state index contributed by atoms with van der Waals surface area (Å²) in [6.45, 7) is 1.06. The minimum atomic E-state index is -4.08. The Labute approximate surface area is 151 Å². The zero-order valence-electron chi connectivity index (χ0n) is 14.6. The van der Waals surface area contributed by atoms with E-state index in [0.29, 0.717) is 10.1 Å². The summed E-state index contributed by atoms with van der Waals surface area (Å²) in [6.07, 6.45) is 1.05. The highest BCUT2D eigenvalue weighted by molar-refractivity contribution is 7.88. The maximum Gasteiger partial charge on any atom is 0.344 e. The van der Waals surface area contributed by atoms with Crippen molar-refractivity contribution in [3.63, 3.8) is 0 Å². The first kappa shape index (κ1) is 19.4. The number of hydrogen-bond acceptors (Lipinski definition) is 6. The average Bonchev–Trinajstić information content (AvgIpc) is 2.61. The number of amides is 1. The van der Waals surface area contributed by atoms with Gasteiger partial charge < -0.3 is 14.8 Å². The largest absolute Gasteiger partial charge is 0.497 e. The molecule has 0 unspecified atom stereocenters. The molecular weight excluding hydrogens is 362 g/mol. The van der Waals surface area contributed by atoms with Crippen molar-refractivity contribution < 1.29 is 27.5 Å². The highest BCUT2D eigenvalue weighted by Gasteiger charge is 2.29. The lowest BCUT2D eigenvalue weighted by Crippen LogP contribution is -2.39. The first-order valence-electron chi connectivity index (χ1n) is 7.55. The van der Waals surface area contributed by atoms with Crippen LogP contribution in [0.5, 0.6) is 5.75 Å². The molecule has 1 amide bonds. The van der Waals surface area contributed by atoms with Crippen LogP contribution in [0, 0.1) is 0 Å². The van der Waals surface area contributed by atoms with Crippen LogP contribution in [-0.2, 0) is 31.1 Å². The van der Waals surface area contributed by atoms with Crippen LogP contribution < -0.4 is 10.1 Å². The van der Waals surface area contributed by atoms with E-state index in [9.17, 15) is 18.0 Å². The summed E-state index contributed by atoms with van der Waals surface area (Å²) < 4.78 is 38.1. The molecule has 0 radical (unpaired) electrons. The molecule has 0 saturated heterocycles. The second kappa shape index (κ2) is 8.00. The standard InChI is InChI=1S/C16H19N3O6S/c1-11-14(16(21)25-3)9-19(26(22,23)18-11)10-15(20)17-8-12-5-4-6-13(7-12)24-2/h4-7,9H,8,10H2,1-3H3,(H,17,20). The van der Waals surface area contributed by atoms with Gasteiger partial charge in [-0.25, -0.2) is 9.10 Å². The van der Waals surface area contributed by atoms with Crippen LogP contribution in [0.1, 0.15) is 12.5 Å². The molecule has 0 aromatic heterocycles. The normalized spacial score (nSPS) is 15.6. The Balaban J connectivity index is 2.06. The molecule has 1 aliphatic heterocycles. The fourth-order valence-corrected chi connectivity index (χ4v) is 3.27. The summed E-state index contributed by atoms with van der Waals surface area (Å²) in [5, 5.41) is 2.61. The van der Waals surface area contributed by atoms with Crippen LogP contribution in [0.2, 0.25) is 0 Å². The number of nitrogens with one attached hydrogen (secondary N) is 1. The molecule has 0 fully saturated rings. The summed E-state index contributed by atoms with van der Waals surface area (Å²) in [5.41, 5.74) is 0.770. The Morgan fingerprint density at radius 3 is 2.65 bits per heavy atom. The number of rotatable bonds is 6. The van der Waals surface area contributed by atoms with Gasteiger partial charge in [-0.05, 0) is 24.6 Å². The topological polar surface area (TPSA) is 114 Å². The third kappa shape index (κ3) is 4.60. The second-order valence-corrected chi connectivity index (χ2v) is 6.91. The monoisotopic (exact) mass is 381 g/mol. The lowest BCUT2D eigenvalue weighted by molar-refractivity contribution is -0.135. The van der Waals surface area contributed by atoms with Crippen molar-refractivity contribution in [3.05, 3.63) is 41.6 Å². The quantitative estimate of drug-likeness (QED) is 0.713. The van der Waals surface area contributed by atoms with Crippen LogP contribution in [0.15, 0.2) is 40.4 Å². The maximum atomic E-state index is 12.1. The highest BCUT2D eigenvalue weighted by atomic mass is 32.2. The van der Waals surface area contributed by atoms with Crippen molar-refractivity contribution >= 4 is 27.8 Å². The Kier molecular flexibility index (Phi) is 5.98. The third-order valence-corrected chi connectivity index (χ3v) is 4.87. The van der Waals surface area contributed by atoms with Gasteiger partial charge in [0.05, 0.1) is 25.5 Å². The molecule has 26 heavy (non-hydrogen) atoms. The molecule has 1 aromatic carbocycles. The van der Waals surface area contributed by atoms with E-state index in [2.05, 4.69) is 14.5 Å². The van der Waals surface area contributed by atoms with Gasteiger partial charge in [0.1, 0.15) is 12.3 Å². The van der Waals surface area contributed by atoms with Gasteiger partial charge in [-0.2, -0.15) is 8.42 Å². The second-order valence-electron chi connectivity index (χ2n) is 5.36. The molecule has 1 N–H and O–H groups in total. The number of esters is 1. The van der Waals surface area contributed by atoms with Crippen LogP contribution in [0.4, 0.5) is 0 Å². The molecule has 0 saturated carbocycles. The molecule has 0 bridgehead atoms. The van der Waals surface area contributed by atoms with Gasteiger partial charge in [0.15, 0.2) is 0 Å². The fourth-order valence-electron chi connectivity index (χ4n) is 2.20. The Hall–Kier alpha value is -2.88. The molecular formula is C16H19N3O6S. The molecule has 1 heterocycles. The summed E-state index contributed by atoms with van der Waals surface area (Å²) in [6, 6.07) is 7.09. The number of benzene rings is 1. The van der Waals surface area contributed by atoms with Crippen molar-refractivity contribution in [2.75, 3.05) is 20.8 Å². The molecule has 2 rings (SSSR count). The lowest BCUT2D eigenvalue weighted by atomic mass is 10.2. The molecule has 0 atom stereocenters. The van der Waals surface area contributed by atoms with Gasteiger partial charge in [0.25, 0.3) is 0 Å². The lowest BCUT2D eigenvalue weighted by Gasteiger charge is -2.22. The maximum absolute atomic E-state index is 12.1. The van der Waals surface area contributed by atoms with E-state index in [4.69, 9.17) is 4.74 Å². The summed E-state index contributed by atoms with van der Waals surface area (Å²) in [7, 11) is -1.37. The van der Waals surface area contributed by atoms with Crippen molar-refractivity contribution in [2.24, 2.45) is 4.40 Å². The number of carbonyl (C=O) groups excluding carboxylic acids is 2. The van der Waals surface area contributed by atoms with E-state index in [-0.39, 0.29) is 17.8 Å². The van der Waals surface area contributed by atoms with E-state index in [1.54, 1.807) is 24.3 Å². The Morgan fingerprint density at radius 1 is 1.27 bits per heavy atom. The van der Waals surface area contributed by atoms with Gasteiger partial charge in [0.2, 0.25) is 5.91 Å². The highest BCUT2D eigenvalue weighted by Crippen LogP contribution is 2.17.